The number of likely N-dealkylation sites (N-methyl/N-ethyl adjacent to an activating group) is 1. The van der Waals surface area contributed by atoms with Gasteiger partial charge >= 0.3 is 0 Å². The fraction of sp³-hybridized carbons (Fsp3) is 0.308. The largest absolute Gasteiger partial charge is 0.311 e. The molecule has 4 heteroatoms. The molecule has 2 aromatic rings. The number of nitrogens with zero attached hydrogens (tertiary/aromatic N) is 3. The number of hydrogen-bond donors (Lipinski definition) is 1. The first-order chi connectivity index (χ1) is 8.29. The van der Waals surface area contributed by atoms with Crippen LogP contribution in [0.2, 0.25) is 0 Å². The second-order valence-corrected chi connectivity index (χ2v) is 3.90. The monoisotopic (exact) mass is 228 g/mol. The summed E-state index contributed by atoms with van der Waals surface area (Å²) < 4.78 is 0. The minimum Gasteiger partial charge on any atom is -0.311 e. The fourth-order valence-corrected chi connectivity index (χ4v) is 1.75. The molecule has 1 atom stereocenters. The molecule has 88 valence electrons. The van der Waals surface area contributed by atoms with Crippen LogP contribution >= 0.6 is 0 Å². The first kappa shape index (κ1) is 11.7. The Morgan fingerprint density at radius 3 is 2.71 bits per heavy atom. The Bertz CT molecular complexity index is 470. The molecule has 1 unspecified atom stereocenters. The van der Waals surface area contributed by atoms with E-state index in [9.17, 15) is 0 Å². The zero-order valence-corrected chi connectivity index (χ0v) is 10.1. The zero-order chi connectivity index (χ0) is 12.1. The van der Waals surface area contributed by atoms with E-state index in [1.807, 2.05) is 44.4 Å². The number of aromatic nitrogens is 3. The van der Waals surface area contributed by atoms with E-state index < -0.39 is 0 Å². The normalized spacial score (nSPS) is 12.4. The standard InChI is InChI=1S/C13H16N4/c1-10-15-8-6-12(17-10)13(14-2)9-11-5-3-4-7-16-11/h3-8,13-14H,9H2,1-2H3. The highest BCUT2D eigenvalue weighted by Gasteiger charge is 2.12. The van der Waals surface area contributed by atoms with Crippen molar-refractivity contribution in [3.8, 4) is 0 Å². The van der Waals surface area contributed by atoms with Crippen molar-refractivity contribution >= 4 is 0 Å². The molecule has 17 heavy (non-hydrogen) atoms. The van der Waals surface area contributed by atoms with E-state index >= 15 is 0 Å². The Morgan fingerprint density at radius 2 is 2.06 bits per heavy atom. The Balaban J connectivity index is 2.17. The zero-order valence-electron chi connectivity index (χ0n) is 10.1. The first-order valence-corrected chi connectivity index (χ1v) is 5.66. The van der Waals surface area contributed by atoms with E-state index in [4.69, 9.17) is 0 Å². The predicted molar refractivity (Wildman–Crippen MR) is 66.5 cm³/mol. The molecule has 4 nitrogen and oxygen atoms in total. The third kappa shape index (κ3) is 3.07. The average Bonchev–Trinajstić information content (AvgIpc) is 2.37. The van der Waals surface area contributed by atoms with E-state index in [1.54, 1.807) is 6.20 Å². The van der Waals surface area contributed by atoms with Crippen LogP contribution in [0.15, 0.2) is 36.7 Å². The smallest absolute Gasteiger partial charge is 0.125 e. The first-order valence-electron chi connectivity index (χ1n) is 5.66. The highest BCUT2D eigenvalue weighted by atomic mass is 14.9. The summed E-state index contributed by atoms with van der Waals surface area (Å²) in [5.41, 5.74) is 2.06. The number of rotatable bonds is 4. The second-order valence-electron chi connectivity index (χ2n) is 3.90. The van der Waals surface area contributed by atoms with E-state index in [0.29, 0.717) is 0 Å². The summed E-state index contributed by atoms with van der Waals surface area (Å²) in [7, 11) is 1.94. The van der Waals surface area contributed by atoms with Crippen LogP contribution in [0.4, 0.5) is 0 Å². The summed E-state index contributed by atoms with van der Waals surface area (Å²) >= 11 is 0. The Morgan fingerprint density at radius 1 is 1.18 bits per heavy atom. The van der Waals surface area contributed by atoms with Crippen LogP contribution in [0, 0.1) is 6.92 Å². The fourth-order valence-electron chi connectivity index (χ4n) is 1.75. The van der Waals surface area contributed by atoms with Gasteiger partial charge in [-0.15, -0.1) is 0 Å². The topological polar surface area (TPSA) is 50.7 Å². The van der Waals surface area contributed by atoms with Gasteiger partial charge < -0.3 is 5.32 Å². The Labute approximate surface area is 101 Å². The summed E-state index contributed by atoms with van der Waals surface area (Å²) in [6, 6.07) is 8.06. The van der Waals surface area contributed by atoms with E-state index in [-0.39, 0.29) is 6.04 Å². The number of pyridine rings is 1. The lowest BCUT2D eigenvalue weighted by Crippen LogP contribution is -2.20. The molecule has 0 spiro atoms. The van der Waals surface area contributed by atoms with Gasteiger partial charge in [0, 0.05) is 24.5 Å². The summed E-state index contributed by atoms with van der Waals surface area (Å²) in [5, 5.41) is 3.26. The van der Waals surface area contributed by atoms with Crippen LogP contribution in [-0.4, -0.2) is 22.0 Å². The molecule has 0 aromatic carbocycles. The van der Waals surface area contributed by atoms with Crippen molar-refractivity contribution in [2.45, 2.75) is 19.4 Å². The summed E-state index contributed by atoms with van der Waals surface area (Å²) in [4.78, 5) is 12.9. The van der Waals surface area contributed by atoms with Crippen molar-refractivity contribution in [2.75, 3.05) is 7.05 Å². The third-order valence-corrected chi connectivity index (χ3v) is 2.64. The number of nitrogens with one attached hydrogen (secondary N) is 1. The molecule has 0 aliphatic rings. The van der Waals surface area contributed by atoms with Crippen LogP contribution < -0.4 is 5.32 Å². The maximum absolute atomic E-state index is 4.44. The third-order valence-electron chi connectivity index (χ3n) is 2.64. The number of hydrogen-bond acceptors (Lipinski definition) is 4. The average molecular weight is 228 g/mol. The Hall–Kier alpha value is -1.81. The molecular weight excluding hydrogens is 212 g/mol. The molecular formula is C13H16N4. The lowest BCUT2D eigenvalue weighted by molar-refractivity contribution is 0.565. The maximum Gasteiger partial charge on any atom is 0.125 e. The quantitative estimate of drug-likeness (QED) is 0.865. The lowest BCUT2D eigenvalue weighted by atomic mass is 10.1. The van der Waals surface area contributed by atoms with Gasteiger partial charge in [0.05, 0.1) is 11.7 Å². The molecule has 0 aliphatic carbocycles. The molecule has 0 fully saturated rings. The van der Waals surface area contributed by atoms with Crippen molar-refractivity contribution in [3.63, 3.8) is 0 Å². The van der Waals surface area contributed by atoms with Crippen LogP contribution in [0.5, 0.6) is 0 Å². The Kier molecular flexibility index (Phi) is 3.77. The molecule has 2 heterocycles. The van der Waals surface area contributed by atoms with Crippen molar-refractivity contribution in [1.82, 2.24) is 20.3 Å². The van der Waals surface area contributed by atoms with Gasteiger partial charge in [-0.3, -0.25) is 4.98 Å². The maximum atomic E-state index is 4.44. The molecule has 2 rings (SSSR count). The number of aryl methyl sites for hydroxylation is 1. The molecule has 0 saturated carbocycles. The highest BCUT2D eigenvalue weighted by molar-refractivity contribution is 5.13. The van der Waals surface area contributed by atoms with E-state index in [2.05, 4.69) is 20.3 Å². The molecule has 1 N–H and O–H groups in total. The van der Waals surface area contributed by atoms with Crippen molar-refractivity contribution in [2.24, 2.45) is 0 Å². The van der Waals surface area contributed by atoms with Crippen LogP contribution in [0.1, 0.15) is 23.3 Å². The van der Waals surface area contributed by atoms with Gasteiger partial charge in [0.2, 0.25) is 0 Å². The summed E-state index contributed by atoms with van der Waals surface area (Å²) in [6.45, 7) is 1.90. The molecule has 0 saturated heterocycles. The summed E-state index contributed by atoms with van der Waals surface area (Å²) in [5.74, 6) is 0.795. The minimum absolute atomic E-state index is 0.173. The SMILES string of the molecule is CNC(Cc1ccccn1)c1ccnc(C)n1. The molecule has 0 radical (unpaired) electrons. The van der Waals surface area contributed by atoms with Crippen molar-refractivity contribution in [3.05, 3.63) is 53.9 Å². The highest BCUT2D eigenvalue weighted by Crippen LogP contribution is 2.14. The molecule has 0 bridgehead atoms. The lowest BCUT2D eigenvalue weighted by Gasteiger charge is -2.15. The van der Waals surface area contributed by atoms with Crippen molar-refractivity contribution < 1.29 is 0 Å². The van der Waals surface area contributed by atoms with Crippen LogP contribution in [0.25, 0.3) is 0 Å². The van der Waals surface area contributed by atoms with Crippen molar-refractivity contribution in [1.29, 1.82) is 0 Å². The van der Waals surface area contributed by atoms with E-state index in [0.717, 1.165) is 23.6 Å². The van der Waals surface area contributed by atoms with Gasteiger partial charge in [-0.05, 0) is 32.2 Å². The molecule has 0 aliphatic heterocycles. The van der Waals surface area contributed by atoms with Gasteiger partial charge in [0.15, 0.2) is 0 Å². The van der Waals surface area contributed by atoms with E-state index in [1.165, 1.54) is 0 Å². The predicted octanol–water partition coefficient (Wildman–Crippen LogP) is 1.68. The van der Waals surface area contributed by atoms with Gasteiger partial charge in [-0.25, -0.2) is 9.97 Å². The summed E-state index contributed by atoms with van der Waals surface area (Å²) in [6.07, 6.45) is 4.43. The minimum atomic E-state index is 0.173. The van der Waals surface area contributed by atoms with Gasteiger partial charge in [0.1, 0.15) is 5.82 Å². The molecule has 2 aromatic heterocycles. The molecule has 0 amide bonds. The van der Waals surface area contributed by atoms with Gasteiger partial charge in [-0.2, -0.15) is 0 Å². The van der Waals surface area contributed by atoms with Gasteiger partial charge in [-0.1, -0.05) is 6.07 Å². The van der Waals surface area contributed by atoms with Crippen LogP contribution in [-0.2, 0) is 6.42 Å². The van der Waals surface area contributed by atoms with Gasteiger partial charge in [0.25, 0.3) is 0 Å². The second kappa shape index (κ2) is 5.50. The van der Waals surface area contributed by atoms with Crippen LogP contribution in [0.3, 0.4) is 0 Å².